The summed E-state index contributed by atoms with van der Waals surface area (Å²) in [6.07, 6.45) is -3.77. The van der Waals surface area contributed by atoms with Gasteiger partial charge in [0.05, 0.1) is 6.61 Å². The smallest absolute Gasteiger partial charge is 0.422 e. The second-order valence-corrected chi connectivity index (χ2v) is 3.01. The van der Waals surface area contributed by atoms with Crippen molar-refractivity contribution in [3.05, 3.63) is 0 Å². The molecule has 2 N–H and O–H groups in total. The summed E-state index contributed by atoms with van der Waals surface area (Å²) in [7, 11) is 0. The van der Waals surface area contributed by atoms with Gasteiger partial charge in [-0.05, 0) is 6.42 Å². The van der Waals surface area contributed by atoms with Crippen LogP contribution < -0.4 is 15.2 Å². The largest absolute Gasteiger partial charge is 0.463 e. The van der Waals surface area contributed by atoms with E-state index >= 15 is 0 Å². The molecular weight excluding hydrogens is 241 g/mol. The number of nitrogens with two attached hydrogens (primary N) is 1. The molecule has 0 aliphatic carbocycles. The molecule has 0 aromatic carbocycles. The van der Waals surface area contributed by atoms with Gasteiger partial charge in [-0.15, -0.1) is 4.98 Å². The molecule has 6 nitrogen and oxygen atoms in total. The van der Waals surface area contributed by atoms with E-state index in [4.69, 9.17) is 10.5 Å². The van der Waals surface area contributed by atoms with Crippen LogP contribution in [0.2, 0.25) is 0 Å². The van der Waals surface area contributed by atoms with Crippen molar-refractivity contribution in [2.45, 2.75) is 19.5 Å². The van der Waals surface area contributed by atoms with Crippen molar-refractivity contribution >= 4 is 5.95 Å². The Labute approximate surface area is 95.0 Å². The van der Waals surface area contributed by atoms with E-state index in [1.807, 2.05) is 6.92 Å². The molecule has 0 bridgehead atoms. The second-order valence-electron chi connectivity index (χ2n) is 3.01. The minimum absolute atomic E-state index is 0.156. The minimum atomic E-state index is -4.47. The Morgan fingerprint density at radius 1 is 1.12 bits per heavy atom. The van der Waals surface area contributed by atoms with E-state index in [1.54, 1.807) is 0 Å². The van der Waals surface area contributed by atoms with Gasteiger partial charge in [0, 0.05) is 0 Å². The third-order valence-electron chi connectivity index (χ3n) is 1.41. The lowest BCUT2D eigenvalue weighted by atomic mass is 10.5. The zero-order valence-electron chi connectivity index (χ0n) is 8.99. The van der Waals surface area contributed by atoms with Crippen molar-refractivity contribution in [2.75, 3.05) is 18.9 Å². The number of rotatable bonds is 5. The van der Waals surface area contributed by atoms with Gasteiger partial charge >= 0.3 is 18.2 Å². The zero-order chi connectivity index (χ0) is 12.9. The van der Waals surface area contributed by atoms with E-state index in [0.717, 1.165) is 0 Å². The summed E-state index contributed by atoms with van der Waals surface area (Å²) in [6, 6.07) is -0.669. The molecule has 0 aliphatic rings. The number of aromatic nitrogens is 3. The first kappa shape index (κ1) is 13.3. The Morgan fingerprint density at radius 2 is 1.71 bits per heavy atom. The van der Waals surface area contributed by atoms with Crippen molar-refractivity contribution < 1.29 is 22.6 Å². The summed E-state index contributed by atoms with van der Waals surface area (Å²) in [6.45, 7) is 0.678. The van der Waals surface area contributed by atoms with Crippen LogP contribution in [0, 0.1) is 0 Å². The molecule has 1 rings (SSSR count). The summed E-state index contributed by atoms with van der Waals surface area (Å²) < 4.78 is 45.0. The number of nitrogens with zero attached hydrogens (tertiary/aromatic N) is 3. The molecule has 96 valence electrons. The standard InChI is InChI=1S/C8H11F3N4O2/c1-2-3-16-6-13-5(12)14-7(15-6)17-4-8(9,10)11/h2-4H2,1H3,(H2,12,13,14,15). The van der Waals surface area contributed by atoms with E-state index in [2.05, 4.69) is 19.7 Å². The maximum atomic E-state index is 11.9. The van der Waals surface area contributed by atoms with Crippen molar-refractivity contribution in [1.82, 2.24) is 15.0 Å². The first-order valence-electron chi connectivity index (χ1n) is 4.74. The van der Waals surface area contributed by atoms with Crippen molar-refractivity contribution in [1.29, 1.82) is 0 Å². The monoisotopic (exact) mass is 252 g/mol. The molecule has 9 heteroatoms. The van der Waals surface area contributed by atoms with Gasteiger partial charge in [0.15, 0.2) is 6.61 Å². The molecular formula is C8H11F3N4O2. The lowest BCUT2D eigenvalue weighted by molar-refractivity contribution is -0.154. The highest BCUT2D eigenvalue weighted by atomic mass is 19.4. The van der Waals surface area contributed by atoms with Gasteiger partial charge in [-0.25, -0.2) is 0 Å². The van der Waals surface area contributed by atoms with E-state index < -0.39 is 18.8 Å². The summed E-state index contributed by atoms with van der Waals surface area (Å²) in [5.41, 5.74) is 5.27. The lowest BCUT2D eigenvalue weighted by Crippen LogP contribution is -2.20. The highest BCUT2D eigenvalue weighted by molar-refractivity contribution is 5.20. The van der Waals surface area contributed by atoms with Crippen LogP contribution in [0.3, 0.4) is 0 Å². The van der Waals surface area contributed by atoms with Crippen LogP contribution in [0.25, 0.3) is 0 Å². The van der Waals surface area contributed by atoms with Crippen molar-refractivity contribution in [3.8, 4) is 12.0 Å². The van der Waals surface area contributed by atoms with Gasteiger partial charge in [-0.2, -0.15) is 23.1 Å². The van der Waals surface area contributed by atoms with E-state index in [0.29, 0.717) is 13.0 Å². The number of ether oxygens (including phenoxy) is 2. The number of anilines is 1. The zero-order valence-corrected chi connectivity index (χ0v) is 8.99. The van der Waals surface area contributed by atoms with E-state index in [1.165, 1.54) is 0 Å². The van der Waals surface area contributed by atoms with Gasteiger partial charge in [-0.3, -0.25) is 0 Å². The summed E-state index contributed by atoms with van der Waals surface area (Å²) >= 11 is 0. The highest BCUT2D eigenvalue weighted by Crippen LogP contribution is 2.17. The molecule has 0 atom stereocenters. The Balaban J connectivity index is 2.68. The first-order chi connectivity index (χ1) is 7.90. The lowest BCUT2D eigenvalue weighted by Gasteiger charge is -2.08. The van der Waals surface area contributed by atoms with Crippen LogP contribution in [0.5, 0.6) is 12.0 Å². The molecule has 17 heavy (non-hydrogen) atoms. The minimum Gasteiger partial charge on any atom is -0.463 e. The molecule has 1 heterocycles. The Morgan fingerprint density at radius 3 is 2.24 bits per heavy atom. The molecule has 0 fully saturated rings. The third kappa shape index (κ3) is 5.18. The number of halogens is 3. The normalized spacial score (nSPS) is 11.3. The summed E-state index contributed by atoms with van der Waals surface area (Å²) in [4.78, 5) is 10.5. The quantitative estimate of drug-likeness (QED) is 0.847. The van der Waals surface area contributed by atoms with E-state index in [9.17, 15) is 13.2 Å². The van der Waals surface area contributed by atoms with Gasteiger partial charge in [0.2, 0.25) is 5.95 Å². The molecule has 0 aliphatic heterocycles. The van der Waals surface area contributed by atoms with Gasteiger partial charge < -0.3 is 15.2 Å². The van der Waals surface area contributed by atoms with Gasteiger partial charge in [0.1, 0.15) is 0 Å². The molecule has 0 saturated heterocycles. The molecule has 1 aromatic heterocycles. The van der Waals surface area contributed by atoms with Crippen LogP contribution in [-0.2, 0) is 0 Å². The van der Waals surface area contributed by atoms with Crippen LogP contribution in [-0.4, -0.2) is 34.3 Å². The second kappa shape index (κ2) is 5.51. The summed E-state index contributed by atoms with van der Waals surface area (Å²) in [5.74, 6) is -0.261. The third-order valence-corrected chi connectivity index (χ3v) is 1.41. The average Bonchev–Trinajstić information content (AvgIpc) is 2.22. The number of alkyl halides is 3. The predicted molar refractivity (Wildman–Crippen MR) is 51.6 cm³/mol. The average molecular weight is 252 g/mol. The maximum Gasteiger partial charge on any atom is 0.422 e. The number of hydrogen-bond donors (Lipinski definition) is 1. The van der Waals surface area contributed by atoms with E-state index in [-0.39, 0.29) is 12.0 Å². The van der Waals surface area contributed by atoms with Crippen LogP contribution in [0.1, 0.15) is 13.3 Å². The first-order valence-corrected chi connectivity index (χ1v) is 4.74. The SMILES string of the molecule is CCCOc1nc(N)nc(OCC(F)(F)F)n1. The maximum absolute atomic E-state index is 11.9. The van der Waals surface area contributed by atoms with Crippen LogP contribution in [0.15, 0.2) is 0 Å². The van der Waals surface area contributed by atoms with Gasteiger partial charge in [0.25, 0.3) is 0 Å². The van der Waals surface area contributed by atoms with Crippen LogP contribution in [0.4, 0.5) is 19.1 Å². The fourth-order valence-corrected chi connectivity index (χ4v) is 0.822. The molecule has 0 radical (unpaired) electrons. The Bertz CT molecular complexity index is 372. The van der Waals surface area contributed by atoms with Crippen molar-refractivity contribution in [2.24, 2.45) is 0 Å². The Hall–Kier alpha value is -1.80. The molecule has 1 aromatic rings. The highest BCUT2D eigenvalue weighted by Gasteiger charge is 2.29. The Kier molecular flexibility index (Phi) is 4.30. The van der Waals surface area contributed by atoms with Gasteiger partial charge in [-0.1, -0.05) is 6.92 Å². The predicted octanol–water partition coefficient (Wildman–Crippen LogP) is 1.18. The molecule has 0 unspecified atom stereocenters. The van der Waals surface area contributed by atoms with Crippen LogP contribution >= 0.6 is 0 Å². The molecule has 0 saturated carbocycles. The number of nitrogen functional groups attached to an aromatic ring is 1. The number of hydrogen-bond acceptors (Lipinski definition) is 6. The summed E-state index contributed by atoms with van der Waals surface area (Å²) in [5, 5.41) is 0. The topological polar surface area (TPSA) is 83.2 Å². The fourth-order valence-electron chi connectivity index (χ4n) is 0.822. The van der Waals surface area contributed by atoms with Crippen molar-refractivity contribution in [3.63, 3.8) is 0 Å². The fraction of sp³-hybridized carbons (Fsp3) is 0.625. The molecule has 0 spiro atoms. The molecule has 0 amide bonds.